The normalized spacial score (nSPS) is 20.4. The fraction of sp³-hybridized carbons (Fsp3) is 0.556. The van der Waals surface area contributed by atoms with Crippen LogP contribution in [0.15, 0.2) is 42.5 Å². The number of aromatic nitrogens is 1. The predicted molar refractivity (Wildman–Crippen MR) is 169 cm³/mol. The van der Waals surface area contributed by atoms with Crippen molar-refractivity contribution >= 4 is 16.8 Å². The molecular formula is C36H44F4N4O. The van der Waals surface area contributed by atoms with Crippen LogP contribution in [0, 0.1) is 11.7 Å². The third-order valence-corrected chi connectivity index (χ3v) is 10.3. The summed E-state index contributed by atoms with van der Waals surface area (Å²) in [5, 5.41) is 3.32. The summed E-state index contributed by atoms with van der Waals surface area (Å²) >= 11 is 0. The van der Waals surface area contributed by atoms with Crippen LogP contribution in [0.2, 0.25) is 0 Å². The molecule has 1 N–H and O–H groups in total. The number of alkyl halides is 3. The first kappa shape index (κ1) is 31.9. The molecule has 0 unspecified atom stereocenters. The molecule has 9 heteroatoms. The van der Waals surface area contributed by atoms with Gasteiger partial charge in [0.2, 0.25) is 0 Å². The van der Waals surface area contributed by atoms with Crippen LogP contribution in [0.1, 0.15) is 92.6 Å². The lowest BCUT2D eigenvalue weighted by Gasteiger charge is -2.40. The van der Waals surface area contributed by atoms with Gasteiger partial charge < -0.3 is 10.2 Å². The number of halogens is 4. The van der Waals surface area contributed by atoms with Crippen molar-refractivity contribution in [1.29, 1.82) is 0 Å². The topological polar surface area (TPSA) is 48.5 Å². The molecule has 3 aromatic rings. The first-order chi connectivity index (χ1) is 21.7. The van der Waals surface area contributed by atoms with Crippen molar-refractivity contribution in [3.05, 3.63) is 65.0 Å². The number of fused-ring (bicyclic) bond motifs is 1. The van der Waals surface area contributed by atoms with Gasteiger partial charge in [0.05, 0.1) is 22.3 Å². The number of carbonyl (C=O) groups is 1. The Morgan fingerprint density at radius 2 is 1.62 bits per heavy atom. The van der Waals surface area contributed by atoms with Crippen LogP contribution >= 0.6 is 0 Å². The molecule has 3 aliphatic rings. The standard InChI is InChI=1S/C36H44F4N4O/c1-24(25-10-4-2-5-11-25)41-35(45)33-29-22-26(36(38,39)40)14-15-32(29)42-34(28-12-6-7-13-31(28)37)30(33)23-43-20-16-27(17-21-43)44-18-8-3-9-19-44/h6-7,12-15,22,24-25,27H,2-5,8-11,16-21,23H2,1H3,(H,41,45)/t24-/m0/s1. The molecule has 5 nitrogen and oxygen atoms in total. The van der Waals surface area contributed by atoms with E-state index >= 15 is 4.39 Å². The van der Waals surface area contributed by atoms with Gasteiger partial charge in [0, 0.05) is 35.1 Å². The minimum atomic E-state index is -4.59. The Hall–Kier alpha value is -3.04. The minimum Gasteiger partial charge on any atom is -0.349 e. The molecule has 1 aromatic heterocycles. The zero-order valence-electron chi connectivity index (χ0n) is 26.1. The summed E-state index contributed by atoms with van der Waals surface area (Å²) in [4.78, 5) is 23.9. The lowest BCUT2D eigenvalue weighted by Crippen LogP contribution is -2.46. The van der Waals surface area contributed by atoms with E-state index in [0.717, 1.165) is 76.8 Å². The van der Waals surface area contributed by atoms with Gasteiger partial charge in [-0.05, 0) is 108 Å². The average Bonchev–Trinajstić information content (AvgIpc) is 3.05. The maximum atomic E-state index is 15.4. The molecule has 2 aromatic carbocycles. The fourth-order valence-electron chi connectivity index (χ4n) is 7.75. The van der Waals surface area contributed by atoms with Crippen LogP contribution in [-0.2, 0) is 12.7 Å². The van der Waals surface area contributed by atoms with Gasteiger partial charge in [0.1, 0.15) is 5.82 Å². The second-order valence-corrected chi connectivity index (χ2v) is 13.3. The molecule has 2 aliphatic heterocycles. The zero-order valence-corrected chi connectivity index (χ0v) is 26.1. The van der Waals surface area contributed by atoms with Gasteiger partial charge in [0.15, 0.2) is 0 Å². The van der Waals surface area contributed by atoms with Crippen LogP contribution < -0.4 is 5.32 Å². The third kappa shape index (κ3) is 7.19. The van der Waals surface area contributed by atoms with E-state index < -0.39 is 23.5 Å². The molecule has 3 fully saturated rings. The molecule has 3 heterocycles. The molecule has 1 atom stereocenters. The van der Waals surface area contributed by atoms with Crippen molar-refractivity contribution in [3.8, 4) is 11.3 Å². The second kappa shape index (κ2) is 13.8. The Labute approximate surface area is 263 Å². The van der Waals surface area contributed by atoms with Gasteiger partial charge in [-0.2, -0.15) is 13.2 Å². The molecule has 2 saturated heterocycles. The maximum absolute atomic E-state index is 15.4. The maximum Gasteiger partial charge on any atom is 0.416 e. The summed E-state index contributed by atoms with van der Waals surface area (Å²) in [5.41, 5.74) is 0.616. The molecule has 242 valence electrons. The monoisotopic (exact) mass is 624 g/mol. The number of piperidine rings is 2. The summed E-state index contributed by atoms with van der Waals surface area (Å²) in [6, 6.07) is 10.00. The van der Waals surface area contributed by atoms with Crippen molar-refractivity contribution in [2.75, 3.05) is 26.2 Å². The Bertz CT molecular complexity index is 1490. The zero-order chi connectivity index (χ0) is 31.6. The SMILES string of the molecule is C[C@H](NC(=O)c1c(CN2CCC(N3CCCCC3)CC2)c(-c2ccccc2F)nc2ccc(C(F)(F)F)cc12)C1CCCCC1. The quantitative estimate of drug-likeness (QED) is 0.269. The summed E-state index contributed by atoms with van der Waals surface area (Å²) < 4.78 is 57.3. The highest BCUT2D eigenvalue weighted by Crippen LogP contribution is 2.37. The van der Waals surface area contributed by atoms with E-state index in [9.17, 15) is 18.0 Å². The Kier molecular flexibility index (Phi) is 9.76. The van der Waals surface area contributed by atoms with E-state index in [2.05, 4.69) is 15.1 Å². The van der Waals surface area contributed by atoms with Crippen LogP contribution in [-0.4, -0.2) is 59.0 Å². The summed E-state index contributed by atoms with van der Waals surface area (Å²) in [6.45, 7) is 6.12. The van der Waals surface area contributed by atoms with Crippen molar-refractivity contribution in [2.45, 2.75) is 95.9 Å². The van der Waals surface area contributed by atoms with E-state index in [-0.39, 0.29) is 28.1 Å². The van der Waals surface area contributed by atoms with Crippen molar-refractivity contribution < 1.29 is 22.4 Å². The first-order valence-corrected chi connectivity index (χ1v) is 16.7. The molecular weight excluding hydrogens is 580 g/mol. The summed E-state index contributed by atoms with van der Waals surface area (Å²) in [7, 11) is 0. The number of likely N-dealkylation sites (tertiary alicyclic amines) is 2. The highest BCUT2D eigenvalue weighted by Gasteiger charge is 2.34. The Morgan fingerprint density at radius 3 is 2.31 bits per heavy atom. The number of rotatable bonds is 7. The summed E-state index contributed by atoms with van der Waals surface area (Å²) in [5.74, 6) is -0.594. The number of hydrogen-bond donors (Lipinski definition) is 1. The van der Waals surface area contributed by atoms with E-state index in [1.54, 1.807) is 18.2 Å². The number of nitrogens with one attached hydrogen (secondary N) is 1. The van der Waals surface area contributed by atoms with Crippen LogP contribution in [0.3, 0.4) is 0 Å². The third-order valence-electron chi connectivity index (χ3n) is 10.3. The van der Waals surface area contributed by atoms with E-state index in [0.29, 0.717) is 29.8 Å². The van der Waals surface area contributed by atoms with Gasteiger partial charge in [-0.3, -0.25) is 9.69 Å². The molecule has 6 rings (SSSR count). The summed E-state index contributed by atoms with van der Waals surface area (Å²) in [6.07, 6.45) is 6.52. The average molecular weight is 625 g/mol. The smallest absolute Gasteiger partial charge is 0.349 e. The molecule has 1 aliphatic carbocycles. The Morgan fingerprint density at radius 1 is 0.933 bits per heavy atom. The van der Waals surface area contributed by atoms with E-state index in [4.69, 9.17) is 4.98 Å². The van der Waals surface area contributed by atoms with Gasteiger partial charge >= 0.3 is 6.18 Å². The highest BCUT2D eigenvalue weighted by atomic mass is 19.4. The van der Waals surface area contributed by atoms with Crippen LogP contribution in [0.5, 0.6) is 0 Å². The van der Waals surface area contributed by atoms with Gasteiger partial charge in [-0.1, -0.05) is 37.8 Å². The lowest BCUT2D eigenvalue weighted by atomic mass is 9.84. The van der Waals surface area contributed by atoms with Crippen LogP contribution in [0.4, 0.5) is 17.6 Å². The minimum absolute atomic E-state index is 0.142. The lowest BCUT2D eigenvalue weighted by molar-refractivity contribution is -0.137. The number of carbonyl (C=O) groups excluding carboxylic acids is 1. The van der Waals surface area contributed by atoms with E-state index in [1.165, 1.54) is 37.8 Å². The molecule has 1 amide bonds. The predicted octanol–water partition coefficient (Wildman–Crippen LogP) is 8.21. The van der Waals surface area contributed by atoms with Gasteiger partial charge in [-0.15, -0.1) is 0 Å². The van der Waals surface area contributed by atoms with Gasteiger partial charge in [0.25, 0.3) is 5.91 Å². The number of nitrogens with zero attached hydrogens (tertiary/aromatic N) is 3. The fourth-order valence-corrected chi connectivity index (χ4v) is 7.75. The molecule has 0 spiro atoms. The number of hydrogen-bond acceptors (Lipinski definition) is 4. The number of amides is 1. The van der Waals surface area contributed by atoms with Crippen LogP contribution in [0.25, 0.3) is 22.2 Å². The molecule has 1 saturated carbocycles. The van der Waals surface area contributed by atoms with Crippen molar-refractivity contribution in [3.63, 3.8) is 0 Å². The second-order valence-electron chi connectivity index (χ2n) is 13.3. The van der Waals surface area contributed by atoms with Crippen molar-refractivity contribution in [2.24, 2.45) is 5.92 Å². The molecule has 0 bridgehead atoms. The highest BCUT2D eigenvalue weighted by molar-refractivity contribution is 6.09. The molecule has 45 heavy (non-hydrogen) atoms. The largest absolute Gasteiger partial charge is 0.416 e. The number of benzene rings is 2. The molecule has 0 radical (unpaired) electrons. The van der Waals surface area contributed by atoms with Gasteiger partial charge in [-0.25, -0.2) is 9.37 Å². The first-order valence-electron chi connectivity index (χ1n) is 16.7. The van der Waals surface area contributed by atoms with Crippen molar-refractivity contribution in [1.82, 2.24) is 20.1 Å². The van der Waals surface area contributed by atoms with E-state index in [1.807, 2.05) is 6.92 Å². The number of pyridine rings is 1. The Balaban J connectivity index is 1.42.